The fraction of sp³-hybridized carbons (Fsp3) is 0.333. The molecule has 1 unspecified atom stereocenters. The molecule has 0 amide bonds. The number of carbonyl (C=O) groups is 2. The van der Waals surface area contributed by atoms with E-state index in [1.807, 2.05) is 0 Å². The van der Waals surface area contributed by atoms with Gasteiger partial charge in [0.25, 0.3) is 0 Å². The summed E-state index contributed by atoms with van der Waals surface area (Å²) in [5.74, 6) is -0.572. The molecule has 0 spiro atoms. The number of benzene rings is 1. The van der Waals surface area contributed by atoms with Gasteiger partial charge in [0.05, 0.1) is 0 Å². The van der Waals surface area contributed by atoms with Gasteiger partial charge in [-0.25, -0.2) is 4.79 Å². The molecule has 1 rings (SSSR count). The van der Waals surface area contributed by atoms with E-state index in [4.69, 9.17) is 9.47 Å². The molecular weight excluding hydrogens is 224 g/mol. The van der Waals surface area contributed by atoms with Gasteiger partial charge in [0.15, 0.2) is 6.61 Å². The molecule has 0 aromatic heterocycles. The molecule has 0 aliphatic carbocycles. The number of hydrogen-bond donors (Lipinski definition) is 0. The average Bonchev–Trinajstić information content (AvgIpc) is 2.26. The van der Waals surface area contributed by atoms with E-state index < -0.39 is 18.2 Å². The van der Waals surface area contributed by atoms with Crippen LogP contribution in [-0.2, 0) is 19.1 Å². The summed E-state index contributed by atoms with van der Waals surface area (Å²) in [6, 6.07) is 9.50. The minimum atomic E-state index is -0.910. The van der Waals surface area contributed by atoms with Crippen LogP contribution in [0.2, 0.25) is 0 Å². The SMILES string of the molecule is CC(=O)OC(C)OC(=O)COc1cc[c]cc1. The number of esters is 2. The van der Waals surface area contributed by atoms with Crippen LogP contribution in [0, 0.1) is 6.07 Å². The molecule has 1 atom stereocenters. The van der Waals surface area contributed by atoms with E-state index in [-0.39, 0.29) is 6.61 Å². The van der Waals surface area contributed by atoms with Crippen LogP contribution in [0.1, 0.15) is 13.8 Å². The van der Waals surface area contributed by atoms with Gasteiger partial charge in [-0.05, 0) is 18.2 Å². The molecule has 1 radical (unpaired) electrons. The Morgan fingerprint density at radius 1 is 1.29 bits per heavy atom. The highest BCUT2D eigenvalue weighted by molar-refractivity contribution is 5.71. The summed E-state index contributed by atoms with van der Waals surface area (Å²) in [6.07, 6.45) is -0.910. The second-order valence-corrected chi connectivity index (χ2v) is 3.19. The van der Waals surface area contributed by atoms with Crippen molar-refractivity contribution < 1.29 is 23.8 Å². The quantitative estimate of drug-likeness (QED) is 0.571. The van der Waals surface area contributed by atoms with Crippen molar-refractivity contribution in [2.45, 2.75) is 20.1 Å². The van der Waals surface area contributed by atoms with Gasteiger partial charge in [-0.15, -0.1) is 0 Å². The first kappa shape index (κ1) is 13.0. The molecule has 0 fully saturated rings. The van der Waals surface area contributed by atoms with Gasteiger partial charge in [0.1, 0.15) is 5.75 Å². The summed E-state index contributed by atoms with van der Waals surface area (Å²) < 4.78 is 14.5. The van der Waals surface area contributed by atoms with E-state index in [9.17, 15) is 9.59 Å². The highest BCUT2D eigenvalue weighted by Gasteiger charge is 2.12. The molecule has 17 heavy (non-hydrogen) atoms. The Balaban J connectivity index is 2.28. The maximum absolute atomic E-state index is 11.3. The molecule has 5 heteroatoms. The number of carbonyl (C=O) groups excluding carboxylic acids is 2. The van der Waals surface area contributed by atoms with E-state index >= 15 is 0 Å². The van der Waals surface area contributed by atoms with Gasteiger partial charge < -0.3 is 14.2 Å². The van der Waals surface area contributed by atoms with Crippen molar-refractivity contribution in [1.82, 2.24) is 0 Å². The van der Waals surface area contributed by atoms with Crippen molar-refractivity contribution in [2.75, 3.05) is 6.61 Å². The largest absolute Gasteiger partial charge is 0.482 e. The molecule has 0 saturated carbocycles. The summed E-state index contributed by atoms with van der Waals surface area (Å²) in [7, 11) is 0. The van der Waals surface area contributed by atoms with E-state index in [0.29, 0.717) is 5.75 Å². The number of hydrogen-bond acceptors (Lipinski definition) is 5. The Labute approximate surface area is 99.3 Å². The second kappa shape index (κ2) is 6.52. The predicted octanol–water partition coefficient (Wildman–Crippen LogP) is 1.32. The van der Waals surface area contributed by atoms with Crippen molar-refractivity contribution >= 4 is 11.9 Å². The van der Waals surface area contributed by atoms with Crippen LogP contribution in [0.5, 0.6) is 5.75 Å². The molecule has 0 heterocycles. The van der Waals surface area contributed by atoms with Crippen LogP contribution >= 0.6 is 0 Å². The van der Waals surface area contributed by atoms with Crippen molar-refractivity contribution in [1.29, 1.82) is 0 Å². The zero-order valence-electron chi connectivity index (χ0n) is 9.64. The lowest BCUT2D eigenvalue weighted by atomic mass is 10.3. The normalized spacial score (nSPS) is 11.4. The monoisotopic (exact) mass is 237 g/mol. The van der Waals surface area contributed by atoms with Crippen LogP contribution < -0.4 is 4.74 Å². The topological polar surface area (TPSA) is 61.8 Å². The van der Waals surface area contributed by atoms with Crippen LogP contribution in [0.4, 0.5) is 0 Å². The van der Waals surface area contributed by atoms with Gasteiger partial charge in [-0.3, -0.25) is 4.79 Å². The Morgan fingerprint density at radius 3 is 2.53 bits per heavy atom. The Bertz CT molecular complexity index is 374. The van der Waals surface area contributed by atoms with Crippen LogP contribution in [0.15, 0.2) is 24.3 Å². The summed E-state index contributed by atoms with van der Waals surface area (Å²) in [5.41, 5.74) is 0. The van der Waals surface area contributed by atoms with E-state index in [0.717, 1.165) is 0 Å². The van der Waals surface area contributed by atoms with Crippen molar-refractivity contribution in [2.24, 2.45) is 0 Å². The molecule has 1 aromatic rings. The first-order valence-corrected chi connectivity index (χ1v) is 5.03. The lowest BCUT2D eigenvalue weighted by molar-refractivity contribution is -0.184. The van der Waals surface area contributed by atoms with Gasteiger partial charge in [-0.1, -0.05) is 12.1 Å². The molecule has 0 N–H and O–H groups in total. The van der Waals surface area contributed by atoms with E-state index in [1.165, 1.54) is 13.8 Å². The third kappa shape index (κ3) is 5.55. The maximum atomic E-state index is 11.3. The Morgan fingerprint density at radius 2 is 1.94 bits per heavy atom. The zero-order valence-corrected chi connectivity index (χ0v) is 9.64. The van der Waals surface area contributed by atoms with Crippen molar-refractivity contribution in [3.8, 4) is 5.75 Å². The van der Waals surface area contributed by atoms with E-state index in [2.05, 4.69) is 10.8 Å². The van der Waals surface area contributed by atoms with Crippen LogP contribution in [0.3, 0.4) is 0 Å². The van der Waals surface area contributed by atoms with Crippen molar-refractivity contribution in [3.63, 3.8) is 0 Å². The Hall–Kier alpha value is -2.04. The summed E-state index contributed by atoms with van der Waals surface area (Å²) in [4.78, 5) is 21.8. The fourth-order valence-electron chi connectivity index (χ4n) is 1.09. The average molecular weight is 237 g/mol. The van der Waals surface area contributed by atoms with Gasteiger partial charge in [0.2, 0.25) is 6.29 Å². The van der Waals surface area contributed by atoms with Gasteiger partial charge in [0, 0.05) is 13.8 Å². The summed E-state index contributed by atoms with van der Waals surface area (Å²) in [6.45, 7) is 2.45. The molecule has 1 aromatic carbocycles. The van der Waals surface area contributed by atoms with Crippen molar-refractivity contribution in [3.05, 3.63) is 30.3 Å². The lowest BCUT2D eigenvalue weighted by Crippen LogP contribution is -2.24. The first-order valence-electron chi connectivity index (χ1n) is 5.03. The van der Waals surface area contributed by atoms with Crippen LogP contribution in [0.25, 0.3) is 0 Å². The molecular formula is C12H13O5. The molecule has 91 valence electrons. The molecule has 0 aliphatic heterocycles. The lowest BCUT2D eigenvalue weighted by Gasteiger charge is -2.13. The second-order valence-electron chi connectivity index (χ2n) is 3.19. The minimum Gasteiger partial charge on any atom is -0.482 e. The first-order chi connectivity index (χ1) is 8.08. The highest BCUT2D eigenvalue weighted by Crippen LogP contribution is 2.07. The fourth-order valence-corrected chi connectivity index (χ4v) is 1.09. The molecule has 5 nitrogen and oxygen atoms in total. The smallest absolute Gasteiger partial charge is 0.347 e. The van der Waals surface area contributed by atoms with Crippen LogP contribution in [-0.4, -0.2) is 24.8 Å². The molecule has 0 saturated heterocycles. The number of ether oxygens (including phenoxy) is 3. The zero-order chi connectivity index (χ0) is 12.7. The highest BCUT2D eigenvalue weighted by atomic mass is 16.7. The summed E-state index contributed by atoms with van der Waals surface area (Å²) >= 11 is 0. The summed E-state index contributed by atoms with van der Waals surface area (Å²) in [5, 5.41) is 0. The third-order valence-corrected chi connectivity index (χ3v) is 1.67. The van der Waals surface area contributed by atoms with Gasteiger partial charge >= 0.3 is 11.9 Å². The standard InChI is InChI=1S/C12H13O5/c1-9(13)16-10(2)17-12(14)8-15-11-6-4-3-5-7-11/h4-7,10H,8H2,1-2H3. The predicted molar refractivity (Wildman–Crippen MR) is 58.1 cm³/mol. The van der Waals surface area contributed by atoms with Gasteiger partial charge in [-0.2, -0.15) is 0 Å². The minimum absolute atomic E-state index is 0.240. The van der Waals surface area contributed by atoms with E-state index in [1.54, 1.807) is 24.3 Å². The Kier molecular flexibility index (Phi) is 5.00. The number of rotatable bonds is 5. The maximum Gasteiger partial charge on any atom is 0.347 e. The third-order valence-electron chi connectivity index (χ3n) is 1.67. The molecule has 0 aliphatic rings. The molecule has 0 bridgehead atoms.